The normalized spacial score (nSPS) is 27.4. The van der Waals surface area contributed by atoms with Gasteiger partial charge in [0, 0.05) is 6.61 Å². The molecule has 0 unspecified atom stereocenters. The summed E-state index contributed by atoms with van der Waals surface area (Å²) >= 11 is 0. The van der Waals surface area contributed by atoms with Gasteiger partial charge in [-0.25, -0.2) is 0 Å². The van der Waals surface area contributed by atoms with E-state index >= 15 is 0 Å². The Morgan fingerprint density at radius 2 is 1.73 bits per heavy atom. The lowest BCUT2D eigenvalue weighted by Crippen LogP contribution is -2.37. The number of fused-ring (bicyclic) bond motifs is 3. The molecule has 0 spiro atoms. The van der Waals surface area contributed by atoms with Crippen molar-refractivity contribution < 1.29 is 4.74 Å². The van der Waals surface area contributed by atoms with E-state index in [1.165, 1.54) is 18.4 Å². The quantitative estimate of drug-likeness (QED) is 0.769. The van der Waals surface area contributed by atoms with Crippen molar-refractivity contribution in [1.82, 2.24) is 0 Å². The van der Waals surface area contributed by atoms with Crippen molar-refractivity contribution in [3.63, 3.8) is 0 Å². The first-order valence-electron chi connectivity index (χ1n) is 8.34. The lowest BCUT2D eigenvalue weighted by Gasteiger charge is -2.41. The van der Waals surface area contributed by atoms with Crippen LogP contribution in [0.15, 0.2) is 60.7 Å². The molecule has 1 nitrogen and oxygen atoms in total. The van der Waals surface area contributed by atoms with Crippen LogP contribution in [-0.4, -0.2) is 12.7 Å². The van der Waals surface area contributed by atoms with Gasteiger partial charge in [0.25, 0.3) is 0 Å². The third kappa shape index (κ3) is 2.62. The number of ether oxygens (including phenoxy) is 1. The second-order valence-corrected chi connectivity index (χ2v) is 6.40. The molecule has 112 valence electrons. The van der Waals surface area contributed by atoms with Gasteiger partial charge in [-0.05, 0) is 47.8 Å². The van der Waals surface area contributed by atoms with Crippen molar-refractivity contribution >= 4 is 6.08 Å². The van der Waals surface area contributed by atoms with E-state index in [1.54, 1.807) is 11.1 Å². The van der Waals surface area contributed by atoms with Crippen molar-refractivity contribution in [1.29, 1.82) is 0 Å². The monoisotopic (exact) mass is 290 g/mol. The molecule has 2 aliphatic rings. The topological polar surface area (TPSA) is 9.23 Å². The Bertz CT molecular complexity index is 659. The Balaban J connectivity index is 1.57. The highest BCUT2D eigenvalue weighted by molar-refractivity contribution is 5.49. The predicted molar refractivity (Wildman–Crippen MR) is 90.8 cm³/mol. The molecule has 1 aliphatic heterocycles. The van der Waals surface area contributed by atoms with E-state index in [0.717, 1.165) is 13.0 Å². The first-order chi connectivity index (χ1) is 10.9. The third-order valence-electron chi connectivity index (χ3n) is 5.16. The number of rotatable bonds is 2. The van der Waals surface area contributed by atoms with Crippen LogP contribution < -0.4 is 0 Å². The van der Waals surface area contributed by atoms with Gasteiger partial charge in [-0.1, -0.05) is 66.7 Å². The Hall–Kier alpha value is -1.86. The van der Waals surface area contributed by atoms with E-state index in [2.05, 4.69) is 66.7 Å². The van der Waals surface area contributed by atoms with Crippen molar-refractivity contribution in [2.24, 2.45) is 5.92 Å². The molecule has 3 atom stereocenters. The number of hydrogen-bond acceptors (Lipinski definition) is 1. The van der Waals surface area contributed by atoms with Crippen LogP contribution in [0.3, 0.4) is 0 Å². The molecule has 0 aromatic heterocycles. The Labute approximate surface area is 132 Å². The molecule has 2 aromatic rings. The molecular formula is C21H22O. The maximum Gasteiger partial charge on any atom is 0.0793 e. The molecule has 1 saturated heterocycles. The lowest BCUT2D eigenvalue weighted by molar-refractivity contribution is -0.0147. The van der Waals surface area contributed by atoms with Crippen LogP contribution in [0.2, 0.25) is 0 Å². The van der Waals surface area contributed by atoms with Crippen LogP contribution in [-0.2, 0) is 11.2 Å². The maximum absolute atomic E-state index is 6.10. The van der Waals surface area contributed by atoms with Crippen molar-refractivity contribution in [2.45, 2.75) is 31.3 Å². The van der Waals surface area contributed by atoms with Crippen LogP contribution in [0.5, 0.6) is 0 Å². The predicted octanol–water partition coefficient (Wildman–Crippen LogP) is 4.83. The highest BCUT2D eigenvalue weighted by atomic mass is 16.5. The third-order valence-corrected chi connectivity index (χ3v) is 5.16. The summed E-state index contributed by atoms with van der Waals surface area (Å²) < 4.78 is 6.10. The van der Waals surface area contributed by atoms with Gasteiger partial charge in [0.2, 0.25) is 0 Å². The summed E-state index contributed by atoms with van der Waals surface area (Å²) in [5, 5.41) is 0. The molecule has 0 bridgehead atoms. The van der Waals surface area contributed by atoms with Gasteiger partial charge in [0.1, 0.15) is 0 Å². The molecule has 2 aromatic carbocycles. The summed E-state index contributed by atoms with van der Waals surface area (Å²) in [5.74, 6) is 1.30. The van der Waals surface area contributed by atoms with E-state index in [0.29, 0.717) is 11.8 Å². The van der Waals surface area contributed by atoms with Gasteiger partial charge < -0.3 is 4.74 Å². The van der Waals surface area contributed by atoms with Crippen molar-refractivity contribution in [2.75, 3.05) is 6.61 Å². The van der Waals surface area contributed by atoms with E-state index in [9.17, 15) is 0 Å². The van der Waals surface area contributed by atoms with Crippen molar-refractivity contribution in [3.8, 4) is 0 Å². The molecule has 0 saturated carbocycles. The molecule has 4 rings (SSSR count). The Morgan fingerprint density at radius 1 is 0.909 bits per heavy atom. The molecule has 1 fully saturated rings. The number of benzene rings is 2. The summed E-state index contributed by atoms with van der Waals surface area (Å²) in [6, 6.07) is 19.5. The zero-order valence-electron chi connectivity index (χ0n) is 12.8. The number of aryl methyl sites for hydroxylation is 1. The van der Waals surface area contributed by atoms with E-state index in [1.807, 2.05) is 0 Å². The minimum Gasteiger partial charge on any atom is -0.374 e. The average molecular weight is 290 g/mol. The lowest BCUT2D eigenvalue weighted by atomic mass is 9.70. The number of hydrogen-bond donors (Lipinski definition) is 0. The summed E-state index contributed by atoms with van der Waals surface area (Å²) in [4.78, 5) is 0. The fourth-order valence-electron chi connectivity index (χ4n) is 4.06. The van der Waals surface area contributed by atoms with Crippen LogP contribution in [0.25, 0.3) is 6.08 Å². The smallest absolute Gasteiger partial charge is 0.0793 e. The van der Waals surface area contributed by atoms with Crippen LogP contribution >= 0.6 is 0 Å². The van der Waals surface area contributed by atoms with E-state index in [-0.39, 0.29) is 6.10 Å². The highest BCUT2D eigenvalue weighted by Gasteiger charge is 2.37. The fraction of sp³-hybridized carbons (Fsp3) is 0.333. The Kier molecular flexibility index (Phi) is 3.82. The zero-order chi connectivity index (χ0) is 14.8. The van der Waals surface area contributed by atoms with Gasteiger partial charge in [-0.3, -0.25) is 0 Å². The second kappa shape index (κ2) is 6.10. The molecule has 0 amide bonds. The summed E-state index contributed by atoms with van der Waals surface area (Å²) in [7, 11) is 0. The largest absolute Gasteiger partial charge is 0.374 e. The maximum atomic E-state index is 6.10. The van der Waals surface area contributed by atoms with E-state index in [4.69, 9.17) is 4.74 Å². The van der Waals surface area contributed by atoms with Crippen molar-refractivity contribution in [3.05, 3.63) is 77.4 Å². The summed E-state index contributed by atoms with van der Waals surface area (Å²) in [6.07, 6.45) is 8.35. The zero-order valence-corrected chi connectivity index (χ0v) is 12.8. The summed E-state index contributed by atoms with van der Waals surface area (Å²) in [5.41, 5.74) is 4.38. The molecule has 1 aliphatic carbocycles. The minimum absolute atomic E-state index is 0.257. The van der Waals surface area contributed by atoms with Gasteiger partial charge in [0.05, 0.1) is 6.10 Å². The van der Waals surface area contributed by atoms with Crippen LogP contribution in [0.4, 0.5) is 0 Å². The van der Waals surface area contributed by atoms with Gasteiger partial charge in [0.15, 0.2) is 0 Å². The molecule has 0 N–H and O–H groups in total. The van der Waals surface area contributed by atoms with Gasteiger partial charge >= 0.3 is 0 Å². The standard InChI is InChI=1S/C21H22O/c1-2-6-16(7-3-1)10-13-21-20-12-11-17-8-4-5-9-18(17)19(20)14-15-22-21/h1-10,13,19-21H,11-12,14-15H2/b13-10+/t19-,20+,21+/m1/s1. The highest BCUT2D eigenvalue weighted by Crippen LogP contribution is 2.43. The molecule has 1 heterocycles. The minimum atomic E-state index is 0.257. The first kappa shape index (κ1) is 13.8. The SMILES string of the molecule is C(=C\[C@@H]1OCC[C@@H]2c3ccccc3CC[C@H]12)/c1ccccc1. The fourth-order valence-corrected chi connectivity index (χ4v) is 4.06. The van der Waals surface area contributed by atoms with Gasteiger partial charge in [-0.2, -0.15) is 0 Å². The molecule has 22 heavy (non-hydrogen) atoms. The van der Waals surface area contributed by atoms with Crippen LogP contribution in [0.1, 0.15) is 35.4 Å². The average Bonchev–Trinajstić information content (AvgIpc) is 2.60. The Morgan fingerprint density at radius 3 is 2.64 bits per heavy atom. The van der Waals surface area contributed by atoms with Gasteiger partial charge in [-0.15, -0.1) is 0 Å². The molecular weight excluding hydrogens is 268 g/mol. The molecule has 0 radical (unpaired) electrons. The first-order valence-corrected chi connectivity index (χ1v) is 8.34. The van der Waals surface area contributed by atoms with E-state index < -0.39 is 0 Å². The van der Waals surface area contributed by atoms with Crippen LogP contribution in [0, 0.1) is 5.92 Å². The summed E-state index contributed by atoms with van der Waals surface area (Å²) in [6.45, 7) is 0.874. The molecule has 1 heteroatoms. The second-order valence-electron chi connectivity index (χ2n) is 6.40.